The Morgan fingerprint density at radius 3 is 2.56 bits per heavy atom. The fourth-order valence-corrected chi connectivity index (χ4v) is 4.00. The molecule has 0 aliphatic carbocycles. The third-order valence-corrected chi connectivity index (χ3v) is 5.92. The minimum Gasteiger partial charge on any atom is -0.495 e. The Balaban J connectivity index is 2.15. The highest BCUT2D eigenvalue weighted by atomic mass is 79.9. The van der Waals surface area contributed by atoms with Gasteiger partial charge in [0, 0.05) is 17.2 Å². The zero-order valence-corrected chi connectivity index (χ0v) is 16.5. The monoisotopic (exact) mass is 426 g/mol. The summed E-state index contributed by atoms with van der Waals surface area (Å²) in [5.41, 5.74) is 1.51. The summed E-state index contributed by atoms with van der Waals surface area (Å²) in [6.45, 7) is 1.55. The molecule has 0 spiro atoms. The lowest BCUT2D eigenvalue weighted by Gasteiger charge is -2.18. The summed E-state index contributed by atoms with van der Waals surface area (Å²) in [5.74, 6) is -0.190. The number of hydrogen-bond donors (Lipinski definition) is 1. The van der Waals surface area contributed by atoms with Gasteiger partial charge in [-0.05, 0) is 42.8 Å². The van der Waals surface area contributed by atoms with Crippen molar-refractivity contribution < 1.29 is 17.9 Å². The van der Waals surface area contributed by atoms with E-state index in [2.05, 4.69) is 21.2 Å². The highest BCUT2D eigenvalue weighted by Crippen LogP contribution is 2.25. The Kier molecular flexibility index (Phi) is 6.21. The van der Waals surface area contributed by atoms with Crippen molar-refractivity contribution >= 4 is 37.5 Å². The molecule has 0 atom stereocenters. The Labute approximate surface area is 156 Å². The molecule has 0 radical (unpaired) electrons. The van der Waals surface area contributed by atoms with Crippen molar-refractivity contribution in [2.45, 2.75) is 11.8 Å². The van der Waals surface area contributed by atoms with Gasteiger partial charge >= 0.3 is 0 Å². The molecule has 2 rings (SSSR count). The minimum atomic E-state index is -3.85. The molecule has 0 aliphatic rings. The molecule has 8 heteroatoms. The van der Waals surface area contributed by atoms with Gasteiger partial charge in [-0.25, -0.2) is 8.42 Å². The lowest BCUT2D eigenvalue weighted by Crippen LogP contribution is -2.35. The first-order chi connectivity index (χ1) is 11.8. The van der Waals surface area contributed by atoms with E-state index in [-0.39, 0.29) is 17.2 Å². The molecular weight excluding hydrogens is 408 g/mol. The van der Waals surface area contributed by atoms with Crippen LogP contribution in [0.5, 0.6) is 5.75 Å². The van der Waals surface area contributed by atoms with E-state index in [1.807, 2.05) is 13.0 Å². The average Bonchev–Trinajstić information content (AvgIpc) is 2.57. The van der Waals surface area contributed by atoms with E-state index >= 15 is 0 Å². The largest absolute Gasteiger partial charge is 0.495 e. The van der Waals surface area contributed by atoms with Crippen LogP contribution in [0.4, 0.5) is 5.69 Å². The maximum Gasteiger partial charge on any atom is 0.246 e. The molecule has 2 aromatic carbocycles. The summed E-state index contributed by atoms with van der Waals surface area (Å²) in [6, 6.07) is 11.7. The van der Waals surface area contributed by atoms with Crippen molar-refractivity contribution in [3.8, 4) is 5.75 Å². The first-order valence-electron chi connectivity index (χ1n) is 7.41. The predicted octanol–water partition coefficient (Wildman–Crippen LogP) is 3.03. The van der Waals surface area contributed by atoms with E-state index in [1.165, 1.54) is 20.2 Å². The molecule has 0 unspecified atom stereocenters. The van der Waals surface area contributed by atoms with E-state index in [9.17, 15) is 13.2 Å². The van der Waals surface area contributed by atoms with Crippen LogP contribution in [0, 0.1) is 6.92 Å². The number of amides is 1. The van der Waals surface area contributed by atoms with Crippen LogP contribution in [0.1, 0.15) is 5.56 Å². The van der Waals surface area contributed by atoms with Crippen molar-refractivity contribution in [1.82, 2.24) is 4.31 Å². The fourth-order valence-electron chi connectivity index (χ4n) is 2.24. The number of rotatable bonds is 6. The molecule has 0 saturated carbocycles. The number of para-hydroxylation sites is 1. The van der Waals surface area contributed by atoms with Crippen LogP contribution < -0.4 is 10.1 Å². The summed E-state index contributed by atoms with van der Waals surface area (Å²) in [5, 5.41) is 2.72. The second-order valence-corrected chi connectivity index (χ2v) is 8.35. The summed E-state index contributed by atoms with van der Waals surface area (Å²) in [7, 11) is -1.09. The van der Waals surface area contributed by atoms with Crippen LogP contribution in [0.2, 0.25) is 0 Å². The Morgan fingerprint density at radius 2 is 1.92 bits per heavy atom. The zero-order chi connectivity index (χ0) is 18.6. The van der Waals surface area contributed by atoms with Gasteiger partial charge < -0.3 is 10.1 Å². The Morgan fingerprint density at radius 1 is 1.24 bits per heavy atom. The molecule has 134 valence electrons. The fraction of sp³-hybridized carbons (Fsp3) is 0.235. The number of carbonyl (C=O) groups excluding carboxylic acids is 1. The van der Waals surface area contributed by atoms with Gasteiger partial charge in [-0.15, -0.1) is 0 Å². The molecule has 0 bridgehead atoms. The van der Waals surface area contributed by atoms with E-state index < -0.39 is 15.9 Å². The van der Waals surface area contributed by atoms with Gasteiger partial charge in [0.15, 0.2) is 0 Å². The second-order valence-electron chi connectivity index (χ2n) is 5.42. The zero-order valence-electron chi connectivity index (χ0n) is 14.1. The number of nitrogens with zero attached hydrogens (tertiary/aromatic N) is 1. The maximum absolute atomic E-state index is 12.7. The van der Waals surface area contributed by atoms with Gasteiger partial charge in [-0.3, -0.25) is 4.79 Å². The van der Waals surface area contributed by atoms with E-state index in [0.29, 0.717) is 5.69 Å². The van der Waals surface area contributed by atoms with Crippen molar-refractivity contribution in [3.05, 3.63) is 52.5 Å². The van der Waals surface area contributed by atoms with Crippen LogP contribution in [0.15, 0.2) is 51.8 Å². The van der Waals surface area contributed by atoms with E-state index in [0.717, 1.165) is 14.3 Å². The molecular formula is C17H19BrN2O4S. The standard InChI is InChI=1S/C17H19BrN2O4S/c1-12-10-13(18)8-9-14(12)19-17(21)11-20(2)25(22,23)16-7-5-4-6-15(16)24-3/h4-10H,11H2,1-3H3,(H,19,21). The van der Waals surface area contributed by atoms with E-state index in [1.54, 1.807) is 30.3 Å². The Hall–Kier alpha value is -1.90. The minimum absolute atomic E-state index is 0.0209. The van der Waals surface area contributed by atoms with E-state index in [4.69, 9.17) is 4.74 Å². The van der Waals surface area contributed by atoms with Gasteiger partial charge in [-0.2, -0.15) is 4.31 Å². The molecule has 0 aliphatic heterocycles. The number of likely N-dealkylation sites (N-methyl/N-ethyl adjacent to an activating group) is 1. The van der Waals surface area contributed by atoms with Crippen molar-refractivity contribution in [3.63, 3.8) is 0 Å². The highest BCUT2D eigenvalue weighted by molar-refractivity contribution is 9.10. The number of methoxy groups -OCH3 is 1. The van der Waals surface area contributed by atoms with Crippen LogP contribution >= 0.6 is 15.9 Å². The summed E-state index contributed by atoms with van der Waals surface area (Å²) in [4.78, 5) is 12.3. The summed E-state index contributed by atoms with van der Waals surface area (Å²) in [6.07, 6.45) is 0. The number of sulfonamides is 1. The van der Waals surface area contributed by atoms with Gasteiger partial charge in [-0.1, -0.05) is 28.1 Å². The molecule has 1 N–H and O–H groups in total. The van der Waals surface area contributed by atoms with Crippen LogP contribution in [-0.2, 0) is 14.8 Å². The molecule has 0 saturated heterocycles. The number of carbonyl (C=O) groups is 1. The van der Waals surface area contributed by atoms with Gasteiger partial charge in [0.2, 0.25) is 15.9 Å². The van der Waals surface area contributed by atoms with Crippen molar-refractivity contribution in [1.29, 1.82) is 0 Å². The van der Waals surface area contributed by atoms with Gasteiger partial charge in [0.1, 0.15) is 10.6 Å². The molecule has 0 fully saturated rings. The number of ether oxygens (including phenoxy) is 1. The first kappa shape index (κ1) is 19.4. The number of hydrogen-bond acceptors (Lipinski definition) is 4. The quantitative estimate of drug-likeness (QED) is 0.769. The lowest BCUT2D eigenvalue weighted by molar-refractivity contribution is -0.116. The third kappa shape index (κ3) is 4.59. The van der Waals surface area contributed by atoms with Gasteiger partial charge in [0.25, 0.3) is 0 Å². The number of aryl methyl sites for hydroxylation is 1. The molecule has 0 aromatic heterocycles. The topological polar surface area (TPSA) is 75.7 Å². The molecule has 25 heavy (non-hydrogen) atoms. The SMILES string of the molecule is COc1ccccc1S(=O)(=O)N(C)CC(=O)Nc1ccc(Br)cc1C. The third-order valence-electron chi connectivity index (χ3n) is 3.59. The normalized spacial score (nSPS) is 11.4. The number of nitrogens with one attached hydrogen (secondary N) is 1. The molecule has 6 nitrogen and oxygen atoms in total. The van der Waals surface area contributed by atoms with Crippen LogP contribution in [-0.4, -0.2) is 39.3 Å². The number of benzene rings is 2. The number of anilines is 1. The first-order valence-corrected chi connectivity index (χ1v) is 9.64. The smallest absolute Gasteiger partial charge is 0.246 e. The number of halogens is 1. The summed E-state index contributed by atoms with van der Waals surface area (Å²) < 4.78 is 32.3. The highest BCUT2D eigenvalue weighted by Gasteiger charge is 2.26. The van der Waals surface area contributed by atoms with Crippen molar-refractivity contribution in [2.75, 3.05) is 26.0 Å². The predicted molar refractivity (Wildman–Crippen MR) is 100 cm³/mol. The van der Waals surface area contributed by atoms with Crippen LogP contribution in [0.25, 0.3) is 0 Å². The Bertz CT molecular complexity index is 884. The maximum atomic E-state index is 12.7. The lowest BCUT2D eigenvalue weighted by atomic mass is 10.2. The second kappa shape index (κ2) is 7.99. The van der Waals surface area contributed by atoms with Gasteiger partial charge in [0.05, 0.1) is 13.7 Å². The molecule has 0 heterocycles. The molecule has 1 amide bonds. The van der Waals surface area contributed by atoms with Crippen molar-refractivity contribution in [2.24, 2.45) is 0 Å². The van der Waals surface area contributed by atoms with Crippen LogP contribution in [0.3, 0.4) is 0 Å². The summed E-state index contributed by atoms with van der Waals surface area (Å²) >= 11 is 3.36. The molecule has 2 aromatic rings. The average molecular weight is 427 g/mol.